The highest BCUT2D eigenvalue weighted by molar-refractivity contribution is 5.77. The molecule has 0 aliphatic heterocycles. The molecule has 0 unspecified atom stereocenters. The predicted octanol–water partition coefficient (Wildman–Crippen LogP) is -0.275. The molecule has 0 atom stereocenters. The van der Waals surface area contributed by atoms with Crippen molar-refractivity contribution >= 4 is 5.91 Å². The number of aliphatic hydroxyl groups is 1. The number of likely N-dealkylation sites (N-methyl/N-ethyl adjacent to an activating group) is 1. The normalized spacial score (nSPS) is 18.7. The molecular formula is C11H22N2O3. The predicted molar refractivity (Wildman–Crippen MR) is 60.9 cm³/mol. The summed E-state index contributed by atoms with van der Waals surface area (Å²) in [6.45, 7) is 1.26. The minimum atomic E-state index is -0.682. The van der Waals surface area contributed by atoms with Crippen molar-refractivity contribution in [2.24, 2.45) is 5.73 Å². The maximum absolute atomic E-state index is 11.6. The minimum absolute atomic E-state index is 0.0454. The zero-order valence-electron chi connectivity index (χ0n) is 9.95. The van der Waals surface area contributed by atoms with Crippen LogP contribution in [-0.4, -0.2) is 54.9 Å². The van der Waals surface area contributed by atoms with Gasteiger partial charge in [-0.1, -0.05) is 12.8 Å². The first-order valence-corrected chi connectivity index (χ1v) is 5.81. The van der Waals surface area contributed by atoms with Gasteiger partial charge in [-0.3, -0.25) is 4.79 Å². The Morgan fingerprint density at radius 1 is 1.50 bits per heavy atom. The molecule has 0 aromatic rings. The summed E-state index contributed by atoms with van der Waals surface area (Å²) in [7, 11) is 1.70. The van der Waals surface area contributed by atoms with Crippen LogP contribution in [0.3, 0.4) is 0 Å². The summed E-state index contributed by atoms with van der Waals surface area (Å²) in [5, 5.41) is 10.1. The molecule has 0 bridgehead atoms. The van der Waals surface area contributed by atoms with E-state index >= 15 is 0 Å². The molecule has 1 saturated carbocycles. The van der Waals surface area contributed by atoms with E-state index in [0.29, 0.717) is 19.7 Å². The van der Waals surface area contributed by atoms with Gasteiger partial charge in [0.25, 0.3) is 0 Å². The third-order valence-corrected chi connectivity index (χ3v) is 2.98. The molecule has 0 radical (unpaired) electrons. The molecule has 94 valence electrons. The molecule has 0 spiro atoms. The average molecular weight is 230 g/mol. The van der Waals surface area contributed by atoms with Crippen LogP contribution >= 0.6 is 0 Å². The second-order valence-electron chi connectivity index (χ2n) is 4.52. The lowest BCUT2D eigenvalue weighted by atomic mass is 10.0. The zero-order chi connectivity index (χ0) is 12.0. The Kier molecular flexibility index (Phi) is 5.18. The fourth-order valence-electron chi connectivity index (χ4n) is 2.07. The topological polar surface area (TPSA) is 75.8 Å². The molecule has 5 heteroatoms. The highest BCUT2D eigenvalue weighted by Gasteiger charge is 2.33. The number of rotatable bonds is 6. The van der Waals surface area contributed by atoms with Crippen LogP contribution in [0.15, 0.2) is 0 Å². The largest absolute Gasteiger partial charge is 0.388 e. The maximum atomic E-state index is 11.6. The van der Waals surface area contributed by atoms with Crippen molar-refractivity contribution in [3.8, 4) is 0 Å². The molecule has 1 rings (SSSR count). The van der Waals surface area contributed by atoms with E-state index in [0.717, 1.165) is 25.7 Å². The third-order valence-electron chi connectivity index (χ3n) is 2.98. The van der Waals surface area contributed by atoms with Crippen molar-refractivity contribution < 1.29 is 14.6 Å². The van der Waals surface area contributed by atoms with E-state index in [1.54, 1.807) is 11.9 Å². The van der Waals surface area contributed by atoms with Gasteiger partial charge in [0, 0.05) is 20.1 Å². The lowest BCUT2D eigenvalue weighted by Gasteiger charge is -2.28. The molecular weight excluding hydrogens is 208 g/mol. The Labute approximate surface area is 96.6 Å². The van der Waals surface area contributed by atoms with E-state index in [1.165, 1.54) is 0 Å². The van der Waals surface area contributed by atoms with Gasteiger partial charge >= 0.3 is 0 Å². The third kappa shape index (κ3) is 4.08. The second-order valence-corrected chi connectivity index (χ2v) is 4.52. The van der Waals surface area contributed by atoms with E-state index in [-0.39, 0.29) is 12.5 Å². The minimum Gasteiger partial charge on any atom is -0.388 e. The molecule has 16 heavy (non-hydrogen) atoms. The molecule has 1 amide bonds. The van der Waals surface area contributed by atoms with E-state index in [1.807, 2.05) is 0 Å². The lowest BCUT2D eigenvalue weighted by molar-refractivity contribution is -0.137. The summed E-state index contributed by atoms with van der Waals surface area (Å²) in [6.07, 6.45) is 3.66. The summed E-state index contributed by atoms with van der Waals surface area (Å²) in [5.41, 5.74) is 4.57. The molecule has 1 aliphatic rings. The van der Waals surface area contributed by atoms with Crippen LogP contribution in [0.4, 0.5) is 0 Å². The fourth-order valence-corrected chi connectivity index (χ4v) is 2.07. The van der Waals surface area contributed by atoms with Gasteiger partial charge in [-0.2, -0.15) is 0 Å². The standard InChI is InChI=1S/C11H22N2O3/c1-13(10(14)8-16-7-6-12)9-11(15)4-2-3-5-11/h15H,2-9,12H2,1H3. The van der Waals surface area contributed by atoms with Crippen molar-refractivity contribution in [1.29, 1.82) is 0 Å². The van der Waals surface area contributed by atoms with Crippen LogP contribution < -0.4 is 5.73 Å². The van der Waals surface area contributed by atoms with Gasteiger partial charge < -0.3 is 20.5 Å². The monoisotopic (exact) mass is 230 g/mol. The summed E-state index contributed by atoms with van der Waals surface area (Å²) in [4.78, 5) is 13.1. The zero-order valence-corrected chi connectivity index (χ0v) is 9.95. The van der Waals surface area contributed by atoms with Gasteiger partial charge in [0.05, 0.1) is 12.2 Å². The van der Waals surface area contributed by atoms with Crippen LogP contribution in [0, 0.1) is 0 Å². The number of carbonyl (C=O) groups is 1. The molecule has 0 heterocycles. The van der Waals surface area contributed by atoms with Gasteiger partial charge in [0.2, 0.25) is 5.91 Å². The number of ether oxygens (including phenoxy) is 1. The van der Waals surface area contributed by atoms with Gasteiger partial charge in [0.15, 0.2) is 0 Å². The highest BCUT2D eigenvalue weighted by Crippen LogP contribution is 2.29. The SMILES string of the molecule is CN(CC1(O)CCCC1)C(=O)COCCN. The fraction of sp³-hybridized carbons (Fsp3) is 0.909. The number of hydrogen-bond donors (Lipinski definition) is 2. The number of amides is 1. The first-order chi connectivity index (χ1) is 7.57. The Bertz CT molecular complexity index is 227. The van der Waals surface area contributed by atoms with Crippen molar-refractivity contribution in [3.63, 3.8) is 0 Å². The lowest BCUT2D eigenvalue weighted by Crippen LogP contribution is -2.43. The van der Waals surface area contributed by atoms with E-state index < -0.39 is 5.60 Å². The summed E-state index contributed by atoms with van der Waals surface area (Å²) < 4.78 is 5.07. The van der Waals surface area contributed by atoms with Gasteiger partial charge in [-0.15, -0.1) is 0 Å². The summed E-state index contributed by atoms with van der Waals surface area (Å²) in [5.74, 6) is -0.103. The molecule has 1 fully saturated rings. The molecule has 1 aliphatic carbocycles. The van der Waals surface area contributed by atoms with Gasteiger partial charge in [-0.05, 0) is 12.8 Å². The van der Waals surface area contributed by atoms with Crippen LogP contribution in [0.25, 0.3) is 0 Å². The van der Waals surface area contributed by atoms with Crippen molar-refractivity contribution in [3.05, 3.63) is 0 Å². The van der Waals surface area contributed by atoms with Crippen LogP contribution in [0.5, 0.6) is 0 Å². The van der Waals surface area contributed by atoms with Crippen molar-refractivity contribution in [2.75, 3.05) is 33.4 Å². The molecule has 5 nitrogen and oxygen atoms in total. The highest BCUT2D eigenvalue weighted by atomic mass is 16.5. The molecule has 0 aromatic carbocycles. The van der Waals surface area contributed by atoms with Crippen molar-refractivity contribution in [1.82, 2.24) is 4.90 Å². The van der Waals surface area contributed by atoms with Gasteiger partial charge in [-0.25, -0.2) is 0 Å². The van der Waals surface area contributed by atoms with Gasteiger partial charge in [0.1, 0.15) is 6.61 Å². The van der Waals surface area contributed by atoms with E-state index in [4.69, 9.17) is 10.5 Å². The average Bonchev–Trinajstić information content (AvgIpc) is 2.65. The smallest absolute Gasteiger partial charge is 0.248 e. The Balaban J connectivity index is 2.27. The Morgan fingerprint density at radius 3 is 2.69 bits per heavy atom. The summed E-state index contributed by atoms with van der Waals surface area (Å²) in [6, 6.07) is 0. The first kappa shape index (κ1) is 13.4. The number of nitrogens with two attached hydrogens (primary N) is 1. The van der Waals surface area contributed by atoms with Crippen LogP contribution in [0.1, 0.15) is 25.7 Å². The quantitative estimate of drug-likeness (QED) is 0.616. The van der Waals surface area contributed by atoms with E-state index in [9.17, 15) is 9.90 Å². The number of nitrogens with zero attached hydrogens (tertiary/aromatic N) is 1. The number of carbonyl (C=O) groups excluding carboxylic acids is 1. The molecule has 0 aromatic heterocycles. The number of hydrogen-bond acceptors (Lipinski definition) is 4. The maximum Gasteiger partial charge on any atom is 0.248 e. The molecule has 3 N–H and O–H groups in total. The second kappa shape index (κ2) is 6.18. The molecule has 0 saturated heterocycles. The van der Waals surface area contributed by atoms with E-state index in [2.05, 4.69) is 0 Å². The summed E-state index contributed by atoms with van der Waals surface area (Å²) >= 11 is 0. The first-order valence-electron chi connectivity index (χ1n) is 5.81. The van der Waals surface area contributed by atoms with Crippen LogP contribution in [0.2, 0.25) is 0 Å². The Morgan fingerprint density at radius 2 is 2.12 bits per heavy atom. The van der Waals surface area contributed by atoms with Crippen molar-refractivity contribution in [2.45, 2.75) is 31.3 Å². The Hall–Kier alpha value is -0.650. The van der Waals surface area contributed by atoms with Crippen LogP contribution in [-0.2, 0) is 9.53 Å².